The third kappa shape index (κ3) is 1.26. The highest BCUT2D eigenvalue weighted by molar-refractivity contribution is 5.46. The maximum Gasteiger partial charge on any atom is 0.182 e. The summed E-state index contributed by atoms with van der Waals surface area (Å²) in [5, 5.41) is 3.07. The number of aromatic amines is 1. The van der Waals surface area contributed by atoms with E-state index in [0.717, 1.165) is 11.2 Å². The standard InChI is InChI=1S/C10H12N2O/c1-7(2)10-6-9(13)5-8-3-4-11-12(8)10/h3-7,11H,1-2H3. The smallest absolute Gasteiger partial charge is 0.182 e. The molecule has 0 aliphatic rings. The predicted molar refractivity (Wildman–Crippen MR) is 52.1 cm³/mol. The van der Waals surface area contributed by atoms with E-state index in [1.54, 1.807) is 12.1 Å². The average Bonchev–Trinajstić information content (AvgIpc) is 2.49. The van der Waals surface area contributed by atoms with Gasteiger partial charge in [0.05, 0.1) is 5.52 Å². The first-order chi connectivity index (χ1) is 6.18. The summed E-state index contributed by atoms with van der Waals surface area (Å²) in [5.41, 5.74) is 2.02. The molecule has 0 amide bonds. The van der Waals surface area contributed by atoms with Crippen LogP contribution in [0.25, 0.3) is 5.52 Å². The van der Waals surface area contributed by atoms with Crippen molar-refractivity contribution in [3.8, 4) is 0 Å². The molecule has 0 saturated carbocycles. The van der Waals surface area contributed by atoms with Gasteiger partial charge in [-0.2, -0.15) is 0 Å². The summed E-state index contributed by atoms with van der Waals surface area (Å²) in [6, 6.07) is 5.20. The molecule has 3 heteroatoms. The Balaban J connectivity index is 2.85. The maximum atomic E-state index is 11.3. The fourth-order valence-corrected chi connectivity index (χ4v) is 1.51. The molecule has 1 N–H and O–H groups in total. The molecular weight excluding hydrogens is 164 g/mol. The van der Waals surface area contributed by atoms with Crippen LogP contribution in [0.2, 0.25) is 0 Å². The minimum Gasteiger partial charge on any atom is -0.301 e. The highest BCUT2D eigenvalue weighted by Crippen LogP contribution is 2.13. The third-order valence-electron chi connectivity index (χ3n) is 2.15. The number of rotatable bonds is 1. The lowest BCUT2D eigenvalue weighted by Gasteiger charge is -2.07. The quantitative estimate of drug-likeness (QED) is 0.706. The van der Waals surface area contributed by atoms with Crippen molar-refractivity contribution < 1.29 is 0 Å². The third-order valence-corrected chi connectivity index (χ3v) is 2.15. The molecule has 0 aromatic carbocycles. The number of H-pyrrole nitrogens is 1. The number of aromatic nitrogens is 2. The van der Waals surface area contributed by atoms with Crippen LogP contribution in [0.4, 0.5) is 0 Å². The van der Waals surface area contributed by atoms with Crippen LogP contribution in [0.5, 0.6) is 0 Å². The van der Waals surface area contributed by atoms with Crippen molar-refractivity contribution in [2.75, 3.05) is 0 Å². The van der Waals surface area contributed by atoms with Crippen molar-refractivity contribution in [3.63, 3.8) is 0 Å². The van der Waals surface area contributed by atoms with E-state index in [1.807, 2.05) is 16.8 Å². The molecule has 68 valence electrons. The van der Waals surface area contributed by atoms with E-state index in [0.29, 0.717) is 5.92 Å². The van der Waals surface area contributed by atoms with Gasteiger partial charge in [0.1, 0.15) is 0 Å². The van der Waals surface area contributed by atoms with Gasteiger partial charge in [0.25, 0.3) is 0 Å². The number of pyridine rings is 1. The van der Waals surface area contributed by atoms with E-state index in [1.165, 1.54) is 0 Å². The highest BCUT2D eigenvalue weighted by atomic mass is 16.1. The normalized spacial score (nSPS) is 11.3. The highest BCUT2D eigenvalue weighted by Gasteiger charge is 2.05. The number of fused-ring (bicyclic) bond motifs is 1. The van der Waals surface area contributed by atoms with E-state index in [2.05, 4.69) is 18.9 Å². The molecule has 13 heavy (non-hydrogen) atoms. The van der Waals surface area contributed by atoms with E-state index in [9.17, 15) is 4.79 Å². The number of hydrogen-bond donors (Lipinski definition) is 1. The number of nitrogens with one attached hydrogen (secondary N) is 1. The van der Waals surface area contributed by atoms with Crippen molar-refractivity contribution in [2.45, 2.75) is 19.8 Å². The topological polar surface area (TPSA) is 37.3 Å². The molecule has 2 aromatic rings. The molecule has 3 nitrogen and oxygen atoms in total. The van der Waals surface area contributed by atoms with Crippen molar-refractivity contribution in [3.05, 3.63) is 40.3 Å². The van der Waals surface area contributed by atoms with Crippen LogP contribution < -0.4 is 5.43 Å². The predicted octanol–water partition coefficient (Wildman–Crippen LogP) is 1.75. The van der Waals surface area contributed by atoms with Crippen molar-refractivity contribution in [1.29, 1.82) is 0 Å². The summed E-state index contributed by atoms with van der Waals surface area (Å²) in [7, 11) is 0. The Morgan fingerprint density at radius 1 is 1.38 bits per heavy atom. The van der Waals surface area contributed by atoms with Crippen molar-refractivity contribution >= 4 is 5.52 Å². The van der Waals surface area contributed by atoms with Gasteiger partial charge in [-0.05, 0) is 12.0 Å². The second-order valence-electron chi connectivity index (χ2n) is 3.49. The van der Waals surface area contributed by atoms with Crippen LogP contribution in [0.1, 0.15) is 25.5 Å². The van der Waals surface area contributed by atoms with Crippen molar-refractivity contribution in [2.24, 2.45) is 0 Å². The molecule has 2 heterocycles. The Hall–Kier alpha value is -1.51. The lowest BCUT2D eigenvalue weighted by atomic mass is 10.1. The summed E-state index contributed by atoms with van der Waals surface area (Å²) in [6.07, 6.45) is 1.83. The summed E-state index contributed by atoms with van der Waals surface area (Å²) in [4.78, 5) is 11.3. The van der Waals surface area contributed by atoms with Gasteiger partial charge in [-0.25, -0.2) is 0 Å². The van der Waals surface area contributed by atoms with E-state index in [-0.39, 0.29) is 5.43 Å². The first kappa shape index (κ1) is 8.10. The Morgan fingerprint density at radius 2 is 2.15 bits per heavy atom. The molecule has 2 rings (SSSR count). The lowest BCUT2D eigenvalue weighted by molar-refractivity contribution is 0.755. The fourth-order valence-electron chi connectivity index (χ4n) is 1.51. The zero-order chi connectivity index (χ0) is 9.42. The van der Waals surface area contributed by atoms with Crippen LogP contribution >= 0.6 is 0 Å². The molecule has 0 aliphatic heterocycles. The van der Waals surface area contributed by atoms with E-state index < -0.39 is 0 Å². The lowest BCUT2D eigenvalue weighted by Crippen LogP contribution is -2.08. The summed E-state index contributed by atoms with van der Waals surface area (Å²) in [5.74, 6) is 0.347. The van der Waals surface area contributed by atoms with Gasteiger partial charge in [-0.15, -0.1) is 0 Å². The Kier molecular flexibility index (Phi) is 1.72. The average molecular weight is 176 g/mol. The van der Waals surface area contributed by atoms with Crippen LogP contribution in [0.3, 0.4) is 0 Å². The van der Waals surface area contributed by atoms with Gasteiger partial charge in [-0.1, -0.05) is 13.8 Å². The number of nitrogens with zero attached hydrogens (tertiary/aromatic N) is 1. The minimum atomic E-state index is 0.0725. The van der Waals surface area contributed by atoms with Crippen LogP contribution in [0.15, 0.2) is 29.2 Å². The zero-order valence-corrected chi connectivity index (χ0v) is 7.74. The zero-order valence-electron chi connectivity index (χ0n) is 7.74. The van der Waals surface area contributed by atoms with Gasteiger partial charge in [0.15, 0.2) is 5.43 Å². The molecule has 2 aromatic heterocycles. The summed E-state index contributed by atoms with van der Waals surface area (Å²) >= 11 is 0. The summed E-state index contributed by atoms with van der Waals surface area (Å²) < 4.78 is 1.94. The molecule has 0 bridgehead atoms. The second-order valence-corrected chi connectivity index (χ2v) is 3.49. The first-order valence-corrected chi connectivity index (χ1v) is 4.38. The van der Waals surface area contributed by atoms with Gasteiger partial charge in [0, 0.05) is 24.0 Å². The molecule has 0 saturated heterocycles. The molecule has 0 unspecified atom stereocenters. The van der Waals surface area contributed by atoms with Crippen LogP contribution in [-0.4, -0.2) is 9.61 Å². The molecule has 0 spiro atoms. The van der Waals surface area contributed by atoms with Crippen LogP contribution in [0, 0.1) is 0 Å². The first-order valence-electron chi connectivity index (χ1n) is 4.38. The minimum absolute atomic E-state index is 0.0725. The monoisotopic (exact) mass is 176 g/mol. The molecule has 0 radical (unpaired) electrons. The van der Waals surface area contributed by atoms with Gasteiger partial charge in [-0.3, -0.25) is 9.31 Å². The van der Waals surface area contributed by atoms with E-state index >= 15 is 0 Å². The molecular formula is C10H12N2O. The Labute approximate surface area is 76.0 Å². The van der Waals surface area contributed by atoms with Gasteiger partial charge in [0.2, 0.25) is 0 Å². The molecule has 0 fully saturated rings. The maximum absolute atomic E-state index is 11.3. The second kappa shape index (κ2) is 2.76. The fraction of sp³-hybridized carbons (Fsp3) is 0.300. The van der Waals surface area contributed by atoms with Gasteiger partial charge >= 0.3 is 0 Å². The van der Waals surface area contributed by atoms with Crippen molar-refractivity contribution in [1.82, 2.24) is 9.61 Å². The van der Waals surface area contributed by atoms with Gasteiger partial charge < -0.3 is 5.10 Å². The molecule has 0 atom stereocenters. The molecule has 0 aliphatic carbocycles. The number of hydrogen-bond acceptors (Lipinski definition) is 1. The summed E-state index contributed by atoms with van der Waals surface area (Å²) in [6.45, 7) is 4.14. The Bertz CT molecular complexity index is 479. The largest absolute Gasteiger partial charge is 0.301 e. The van der Waals surface area contributed by atoms with Crippen LogP contribution in [-0.2, 0) is 0 Å². The Morgan fingerprint density at radius 3 is 2.85 bits per heavy atom. The van der Waals surface area contributed by atoms with E-state index in [4.69, 9.17) is 0 Å². The SMILES string of the molecule is CC(C)c1cc(=O)cc2cc[nH]n12.